The number of ether oxygens (including phenoxy) is 1. The number of amides is 1. The second-order valence-corrected chi connectivity index (χ2v) is 5.90. The van der Waals surface area contributed by atoms with Crippen molar-refractivity contribution in [2.24, 2.45) is 0 Å². The molecule has 0 radical (unpaired) electrons. The lowest BCUT2D eigenvalue weighted by Gasteiger charge is -2.32. The van der Waals surface area contributed by atoms with Crippen molar-refractivity contribution in [1.29, 1.82) is 0 Å². The molecule has 1 N–H and O–H groups in total. The van der Waals surface area contributed by atoms with E-state index >= 15 is 0 Å². The van der Waals surface area contributed by atoms with Gasteiger partial charge in [0, 0.05) is 38.8 Å². The molecule has 0 saturated carbocycles. The average Bonchev–Trinajstić information content (AvgIpc) is 2.58. The van der Waals surface area contributed by atoms with Gasteiger partial charge in [-0.15, -0.1) is 0 Å². The van der Waals surface area contributed by atoms with Crippen LogP contribution in [0.15, 0.2) is 30.3 Å². The Morgan fingerprint density at radius 1 is 1.30 bits per heavy atom. The van der Waals surface area contributed by atoms with Crippen molar-refractivity contribution in [2.75, 3.05) is 53.4 Å². The average molecular weight is 317 g/mol. The van der Waals surface area contributed by atoms with E-state index in [1.165, 1.54) is 0 Å². The van der Waals surface area contributed by atoms with E-state index in [2.05, 4.69) is 22.2 Å². The van der Waals surface area contributed by atoms with Crippen LogP contribution in [0.5, 0.6) is 5.75 Å². The molecule has 0 bridgehead atoms. The predicted molar refractivity (Wildman–Crippen MR) is 93.6 cm³/mol. The van der Waals surface area contributed by atoms with Crippen LogP contribution in [0.25, 0.3) is 6.08 Å². The van der Waals surface area contributed by atoms with Crippen LogP contribution in [0.1, 0.15) is 12.0 Å². The third-order valence-electron chi connectivity index (χ3n) is 4.07. The van der Waals surface area contributed by atoms with Crippen LogP contribution >= 0.6 is 0 Å². The molecule has 0 atom stereocenters. The van der Waals surface area contributed by atoms with Gasteiger partial charge in [-0.05, 0) is 43.8 Å². The summed E-state index contributed by atoms with van der Waals surface area (Å²) in [6.45, 7) is 6.28. The molecule has 1 aliphatic rings. The second kappa shape index (κ2) is 9.33. The van der Waals surface area contributed by atoms with Gasteiger partial charge in [-0.2, -0.15) is 0 Å². The number of carbonyl (C=O) groups is 1. The molecule has 5 heteroatoms. The Bertz CT molecular complexity index is 523. The minimum absolute atomic E-state index is 0.0498. The Hall–Kier alpha value is -1.85. The lowest BCUT2D eigenvalue weighted by atomic mass is 10.2. The van der Waals surface area contributed by atoms with Crippen molar-refractivity contribution in [3.63, 3.8) is 0 Å². The summed E-state index contributed by atoms with van der Waals surface area (Å²) in [5, 5.41) is 2.94. The highest BCUT2D eigenvalue weighted by Gasteiger charge is 2.12. The summed E-state index contributed by atoms with van der Waals surface area (Å²) in [5.74, 6) is 0.742. The zero-order valence-electron chi connectivity index (χ0n) is 14.1. The fraction of sp³-hybridized carbons (Fsp3) is 0.500. The van der Waals surface area contributed by atoms with E-state index in [-0.39, 0.29) is 5.91 Å². The largest absolute Gasteiger partial charge is 0.497 e. The van der Waals surface area contributed by atoms with Crippen LogP contribution in [-0.2, 0) is 4.79 Å². The van der Waals surface area contributed by atoms with Gasteiger partial charge in [0.2, 0.25) is 5.91 Å². The predicted octanol–water partition coefficient (Wildman–Crippen LogP) is 1.46. The van der Waals surface area contributed by atoms with Crippen molar-refractivity contribution >= 4 is 12.0 Å². The van der Waals surface area contributed by atoms with E-state index in [9.17, 15) is 4.79 Å². The van der Waals surface area contributed by atoms with Crippen molar-refractivity contribution in [3.8, 4) is 5.75 Å². The van der Waals surface area contributed by atoms with Gasteiger partial charge in [-0.25, -0.2) is 0 Å². The summed E-state index contributed by atoms with van der Waals surface area (Å²) >= 11 is 0. The first-order valence-electron chi connectivity index (χ1n) is 8.18. The summed E-state index contributed by atoms with van der Waals surface area (Å²) in [6, 6.07) is 7.64. The summed E-state index contributed by atoms with van der Waals surface area (Å²) in [5.41, 5.74) is 0.955. The Labute approximate surface area is 138 Å². The number of piperazine rings is 1. The van der Waals surface area contributed by atoms with Crippen molar-refractivity contribution < 1.29 is 9.53 Å². The van der Waals surface area contributed by atoms with Gasteiger partial charge < -0.3 is 19.9 Å². The Kier molecular flexibility index (Phi) is 7.10. The van der Waals surface area contributed by atoms with Crippen LogP contribution in [0.4, 0.5) is 0 Å². The maximum absolute atomic E-state index is 11.8. The number of nitrogens with one attached hydrogen (secondary N) is 1. The molecule has 1 aromatic carbocycles. The normalized spacial score (nSPS) is 16.6. The van der Waals surface area contributed by atoms with Crippen molar-refractivity contribution in [1.82, 2.24) is 15.1 Å². The number of nitrogens with zero attached hydrogens (tertiary/aromatic N) is 2. The van der Waals surface area contributed by atoms with Crippen molar-refractivity contribution in [2.45, 2.75) is 6.42 Å². The highest BCUT2D eigenvalue weighted by molar-refractivity contribution is 5.91. The van der Waals surface area contributed by atoms with Gasteiger partial charge in [0.05, 0.1) is 7.11 Å². The molecule has 0 aromatic heterocycles. The molecule has 2 rings (SSSR count). The molecule has 0 aliphatic carbocycles. The van der Waals surface area contributed by atoms with Crippen LogP contribution < -0.4 is 10.1 Å². The molecule has 1 saturated heterocycles. The lowest BCUT2D eigenvalue weighted by molar-refractivity contribution is -0.116. The highest BCUT2D eigenvalue weighted by atomic mass is 16.5. The molecule has 1 amide bonds. The van der Waals surface area contributed by atoms with Gasteiger partial charge in [0.15, 0.2) is 0 Å². The maximum atomic E-state index is 11.8. The van der Waals surface area contributed by atoms with Gasteiger partial charge >= 0.3 is 0 Å². The number of likely N-dealkylation sites (N-methyl/N-ethyl adjacent to an activating group) is 1. The molecule has 1 aliphatic heterocycles. The van der Waals surface area contributed by atoms with E-state index < -0.39 is 0 Å². The number of methoxy groups -OCH3 is 1. The number of carbonyl (C=O) groups excluding carboxylic acids is 1. The first-order chi connectivity index (χ1) is 11.2. The molecule has 0 spiro atoms. The third kappa shape index (κ3) is 6.42. The molecule has 1 heterocycles. The van der Waals surface area contributed by atoms with Crippen LogP contribution in [0.3, 0.4) is 0 Å². The van der Waals surface area contributed by atoms with Gasteiger partial charge in [0.1, 0.15) is 5.75 Å². The summed E-state index contributed by atoms with van der Waals surface area (Å²) in [6.07, 6.45) is 4.37. The Morgan fingerprint density at radius 2 is 2.09 bits per heavy atom. The standard InChI is InChI=1S/C18H27N3O2/c1-20-11-13-21(14-12-20)10-4-9-19-18(22)8-7-16-5-3-6-17(15-16)23-2/h3,5-8,15H,4,9-14H2,1-2H3,(H,19,22). The smallest absolute Gasteiger partial charge is 0.243 e. The first-order valence-corrected chi connectivity index (χ1v) is 8.18. The fourth-order valence-corrected chi connectivity index (χ4v) is 2.56. The SMILES string of the molecule is COc1cccc(C=CC(=O)NCCCN2CCN(C)CC2)c1. The number of rotatable bonds is 7. The first kappa shape index (κ1) is 17.5. The molecule has 0 unspecified atom stereocenters. The minimum atomic E-state index is -0.0498. The number of hydrogen-bond donors (Lipinski definition) is 1. The zero-order chi connectivity index (χ0) is 16.5. The molecular weight excluding hydrogens is 290 g/mol. The highest BCUT2D eigenvalue weighted by Crippen LogP contribution is 2.13. The number of benzene rings is 1. The molecule has 23 heavy (non-hydrogen) atoms. The Balaban J connectivity index is 1.63. The second-order valence-electron chi connectivity index (χ2n) is 5.90. The van der Waals surface area contributed by atoms with E-state index in [4.69, 9.17) is 4.74 Å². The lowest BCUT2D eigenvalue weighted by Crippen LogP contribution is -2.45. The summed E-state index contributed by atoms with van der Waals surface area (Å²) in [7, 11) is 3.79. The monoisotopic (exact) mass is 317 g/mol. The summed E-state index contributed by atoms with van der Waals surface area (Å²) in [4.78, 5) is 16.6. The number of hydrogen-bond acceptors (Lipinski definition) is 4. The molecular formula is C18H27N3O2. The molecule has 1 fully saturated rings. The van der Waals surface area contributed by atoms with Crippen LogP contribution in [0.2, 0.25) is 0 Å². The molecule has 5 nitrogen and oxygen atoms in total. The van der Waals surface area contributed by atoms with E-state index in [0.29, 0.717) is 6.54 Å². The van der Waals surface area contributed by atoms with Crippen LogP contribution in [-0.4, -0.2) is 69.1 Å². The van der Waals surface area contributed by atoms with Gasteiger partial charge in [0.25, 0.3) is 0 Å². The van der Waals surface area contributed by atoms with E-state index in [1.807, 2.05) is 24.3 Å². The third-order valence-corrected chi connectivity index (χ3v) is 4.07. The van der Waals surface area contributed by atoms with E-state index in [1.54, 1.807) is 19.3 Å². The minimum Gasteiger partial charge on any atom is -0.497 e. The fourth-order valence-electron chi connectivity index (χ4n) is 2.56. The Morgan fingerprint density at radius 3 is 2.83 bits per heavy atom. The molecule has 1 aromatic rings. The molecule has 126 valence electrons. The van der Waals surface area contributed by atoms with Crippen LogP contribution in [0, 0.1) is 0 Å². The van der Waals surface area contributed by atoms with Gasteiger partial charge in [-0.1, -0.05) is 12.1 Å². The van der Waals surface area contributed by atoms with Gasteiger partial charge in [-0.3, -0.25) is 4.79 Å². The van der Waals surface area contributed by atoms with E-state index in [0.717, 1.165) is 50.5 Å². The topological polar surface area (TPSA) is 44.8 Å². The quantitative estimate of drug-likeness (QED) is 0.611. The van der Waals surface area contributed by atoms with Crippen molar-refractivity contribution in [3.05, 3.63) is 35.9 Å². The summed E-state index contributed by atoms with van der Waals surface area (Å²) < 4.78 is 5.16. The maximum Gasteiger partial charge on any atom is 0.243 e. The zero-order valence-corrected chi connectivity index (χ0v) is 14.1.